The Hall–Kier alpha value is -1.56. The zero-order valence-corrected chi connectivity index (χ0v) is 11.7. The molecule has 1 aromatic heterocycles. The summed E-state index contributed by atoms with van der Waals surface area (Å²) in [5.74, 6) is -0.106. The van der Waals surface area contributed by atoms with E-state index >= 15 is 0 Å². The quantitative estimate of drug-likeness (QED) is 0.881. The lowest BCUT2D eigenvalue weighted by atomic mass is 10.3. The minimum Gasteiger partial charge on any atom is -0.371 e. The van der Waals surface area contributed by atoms with Crippen molar-refractivity contribution in [3.05, 3.63) is 21.6 Å². The first kappa shape index (κ1) is 14.5. The molecule has 0 radical (unpaired) electrons. The molecule has 0 saturated carbocycles. The van der Waals surface area contributed by atoms with Gasteiger partial charge < -0.3 is 10.2 Å². The molecule has 18 heavy (non-hydrogen) atoms. The maximum Gasteiger partial charge on any atom is 0.287 e. The second kappa shape index (κ2) is 5.86. The lowest BCUT2D eigenvalue weighted by molar-refractivity contribution is -0.129. The lowest BCUT2D eigenvalue weighted by Crippen LogP contribution is -2.37. The van der Waals surface area contributed by atoms with Gasteiger partial charge in [-0.25, -0.2) is 4.68 Å². The summed E-state index contributed by atoms with van der Waals surface area (Å²) in [5, 5.41) is 6.88. The molecule has 0 aliphatic heterocycles. The number of carbonyl (C=O) groups excluding carboxylic acids is 1. The van der Waals surface area contributed by atoms with E-state index in [1.165, 1.54) is 15.8 Å². The average Bonchev–Trinajstić information content (AvgIpc) is 2.34. The predicted octanol–water partition coefficient (Wildman–Crippen LogP) is 0.805. The van der Waals surface area contributed by atoms with Crippen LogP contribution in [0.5, 0.6) is 0 Å². The summed E-state index contributed by atoms with van der Waals surface area (Å²) >= 11 is 5.94. The molecule has 1 rings (SSSR count). The van der Waals surface area contributed by atoms with Gasteiger partial charge in [-0.05, 0) is 13.8 Å². The van der Waals surface area contributed by atoms with Gasteiger partial charge in [-0.15, -0.1) is 0 Å². The van der Waals surface area contributed by atoms with Crippen LogP contribution in [0, 0.1) is 0 Å². The van der Waals surface area contributed by atoms with Gasteiger partial charge in [0.05, 0.1) is 11.9 Å². The van der Waals surface area contributed by atoms with Gasteiger partial charge in [-0.3, -0.25) is 9.59 Å². The van der Waals surface area contributed by atoms with Crippen LogP contribution in [0.2, 0.25) is 5.02 Å². The van der Waals surface area contributed by atoms with Crippen LogP contribution in [0.4, 0.5) is 5.69 Å². The molecule has 100 valence electrons. The zero-order chi connectivity index (χ0) is 13.9. The van der Waals surface area contributed by atoms with Crippen molar-refractivity contribution >= 4 is 23.2 Å². The third-order valence-corrected chi connectivity index (χ3v) is 2.83. The number of amides is 1. The number of hydrogen-bond donors (Lipinski definition) is 1. The Kier molecular flexibility index (Phi) is 4.72. The van der Waals surface area contributed by atoms with Crippen molar-refractivity contribution in [1.82, 2.24) is 14.7 Å². The monoisotopic (exact) mass is 272 g/mol. The number of aromatic nitrogens is 2. The summed E-state index contributed by atoms with van der Waals surface area (Å²) in [7, 11) is 3.32. The molecule has 1 aromatic rings. The SMILES string of the molecule is CCn1ncc(NC(C)C(=O)N(C)C)c(Cl)c1=O. The highest BCUT2D eigenvalue weighted by Gasteiger charge is 2.17. The molecule has 0 saturated heterocycles. The fourth-order valence-corrected chi connectivity index (χ4v) is 1.67. The summed E-state index contributed by atoms with van der Waals surface area (Å²) in [6.07, 6.45) is 1.45. The largest absolute Gasteiger partial charge is 0.371 e. The number of nitrogens with one attached hydrogen (secondary N) is 1. The number of likely N-dealkylation sites (N-methyl/N-ethyl adjacent to an activating group) is 1. The molecule has 6 nitrogen and oxygen atoms in total. The molecule has 0 aliphatic rings. The Morgan fingerprint density at radius 1 is 1.61 bits per heavy atom. The van der Waals surface area contributed by atoms with Gasteiger partial charge in [-0.2, -0.15) is 5.10 Å². The van der Waals surface area contributed by atoms with Crippen LogP contribution < -0.4 is 10.9 Å². The summed E-state index contributed by atoms with van der Waals surface area (Å²) < 4.78 is 1.26. The zero-order valence-electron chi connectivity index (χ0n) is 10.9. The molecule has 1 N–H and O–H groups in total. The Bertz CT molecular complexity index is 498. The highest BCUT2D eigenvalue weighted by molar-refractivity contribution is 6.33. The third kappa shape index (κ3) is 3.01. The van der Waals surface area contributed by atoms with E-state index in [1.54, 1.807) is 27.9 Å². The summed E-state index contributed by atoms with van der Waals surface area (Å²) in [6.45, 7) is 3.95. The fraction of sp³-hybridized carbons (Fsp3) is 0.545. The number of rotatable bonds is 4. The Morgan fingerprint density at radius 2 is 2.22 bits per heavy atom. The van der Waals surface area contributed by atoms with Crippen LogP contribution >= 0.6 is 11.6 Å². The van der Waals surface area contributed by atoms with Gasteiger partial charge in [0, 0.05) is 20.6 Å². The van der Waals surface area contributed by atoms with Crippen molar-refractivity contribution in [1.29, 1.82) is 0 Å². The molecule has 0 aromatic carbocycles. The third-order valence-electron chi connectivity index (χ3n) is 2.47. The van der Waals surface area contributed by atoms with Crippen molar-refractivity contribution < 1.29 is 4.79 Å². The highest BCUT2D eigenvalue weighted by atomic mass is 35.5. The van der Waals surface area contributed by atoms with Crippen molar-refractivity contribution in [3.63, 3.8) is 0 Å². The van der Waals surface area contributed by atoms with Gasteiger partial charge in [0.2, 0.25) is 5.91 Å². The predicted molar refractivity (Wildman–Crippen MR) is 71.0 cm³/mol. The van der Waals surface area contributed by atoms with Crippen molar-refractivity contribution in [2.45, 2.75) is 26.4 Å². The highest BCUT2D eigenvalue weighted by Crippen LogP contribution is 2.16. The van der Waals surface area contributed by atoms with Crippen molar-refractivity contribution in [3.8, 4) is 0 Å². The first-order valence-electron chi connectivity index (χ1n) is 5.61. The van der Waals surface area contributed by atoms with Gasteiger partial charge in [0.25, 0.3) is 5.56 Å². The van der Waals surface area contributed by atoms with E-state index in [-0.39, 0.29) is 16.5 Å². The standard InChI is InChI=1S/C11H17ClN4O2/c1-5-16-11(18)9(12)8(6-13-16)14-7(2)10(17)15(3)4/h6-7,14H,5H2,1-4H3. The number of nitrogens with zero attached hydrogens (tertiary/aromatic N) is 3. The molecular formula is C11H17ClN4O2. The first-order chi connectivity index (χ1) is 8.38. The van der Waals surface area contributed by atoms with Gasteiger partial charge >= 0.3 is 0 Å². The fourth-order valence-electron chi connectivity index (χ4n) is 1.47. The number of carbonyl (C=O) groups is 1. The smallest absolute Gasteiger partial charge is 0.287 e. The first-order valence-corrected chi connectivity index (χ1v) is 5.99. The Morgan fingerprint density at radius 3 is 2.72 bits per heavy atom. The van der Waals surface area contributed by atoms with E-state index in [0.29, 0.717) is 12.2 Å². The van der Waals surface area contributed by atoms with Crippen LogP contribution in [-0.2, 0) is 11.3 Å². The minimum absolute atomic E-state index is 0.0465. The van der Waals surface area contributed by atoms with Crippen molar-refractivity contribution in [2.75, 3.05) is 19.4 Å². The van der Waals surface area contributed by atoms with Crippen LogP contribution in [0.3, 0.4) is 0 Å². The summed E-state index contributed by atoms with van der Waals surface area (Å²) in [6, 6.07) is -0.476. The van der Waals surface area contributed by atoms with Crippen LogP contribution in [0.15, 0.2) is 11.0 Å². The van der Waals surface area contributed by atoms with E-state index in [0.717, 1.165) is 0 Å². The van der Waals surface area contributed by atoms with Crippen molar-refractivity contribution in [2.24, 2.45) is 0 Å². The maximum atomic E-state index is 11.7. The van der Waals surface area contributed by atoms with E-state index in [4.69, 9.17) is 11.6 Å². The van der Waals surface area contributed by atoms with Crippen LogP contribution in [0.25, 0.3) is 0 Å². The Labute approximate surface area is 111 Å². The molecule has 1 heterocycles. The topological polar surface area (TPSA) is 67.2 Å². The van der Waals surface area contributed by atoms with E-state index in [2.05, 4.69) is 10.4 Å². The van der Waals surface area contributed by atoms with Gasteiger partial charge in [0.1, 0.15) is 11.1 Å². The molecule has 0 fully saturated rings. The number of anilines is 1. The maximum absolute atomic E-state index is 11.7. The molecular weight excluding hydrogens is 256 g/mol. The van der Waals surface area contributed by atoms with E-state index in [9.17, 15) is 9.59 Å². The van der Waals surface area contributed by atoms with E-state index < -0.39 is 6.04 Å². The molecule has 0 aliphatic carbocycles. The molecule has 1 unspecified atom stereocenters. The number of halogens is 1. The second-order valence-corrected chi connectivity index (χ2v) is 4.47. The number of hydrogen-bond acceptors (Lipinski definition) is 4. The van der Waals surface area contributed by atoms with Gasteiger partial charge in [-0.1, -0.05) is 11.6 Å². The van der Waals surface area contributed by atoms with E-state index in [1.807, 2.05) is 0 Å². The molecule has 1 atom stereocenters. The molecule has 7 heteroatoms. The number of aryl methyl sites for hydroxylation is 1. The average molecular weight is 273 g/mol. The lowest BCUT2D eigenvalue weighted by Gasteiger charge is -2.19. The Balaban J connectivity index is 2.96. The molecule has 1 amide bonds. The summed E-state index contributed by atoms with van der Waals surface area (Å²) in [4.78, 5) is 24.9. The molecule has 0 spiro atoms. The molecule has 0 bridgehead atoms. The van der Waals surface area contributed by atoms with Gasteiger partial charge in [0.15, 0.2) is 0 Å². The minimum atomic E-state index is -0.476. The van der Waals surface area contributed by atoms with Crippen LogP contribution in [-0.4, -0.2) is 40.7 Å². The van der Waals surface area contributed by atoms with Crippen LogP contribution in [0.1, 0.15) is 13.8 Å². The summed E-state index contributed by atoms with van der Waals surface area (Å²) in [5.41, 5.74) is 0.00253. The second-order valence-electron chi connectivity index (χ2n) is 4.09. The normalized spacial score (nSPS) is 12.1.